The van der Waals surface area contributed by atoms with Crippen molar-refractivity contribution in [2.45, 2.75) is 6.10 Å². The predicted molar refractivity (Wildman–Crippen MR) is 78.0 cm³/mol. The number of hydrogen-bond acceptors (Lipinski definition) is 1. The van der Waals surface area contributed by atoms with Crippen molar-refractivity contribution >= 4 is 33.6 Å². The third-order valence-corrected chi connectivity index (χ3v) is 3.82. The minimum absolute atomic E-state index is 0.363. The lowest BCUT2D eigenvalue weighted by atomic mass is 10.0. The average Bonchev–Trinajstić information content (AvgIpc) is 2.39. The second-order valence-electron chi connectivity index (χ2n) is 4.22. The molecule has 0 bridgehead atoms. The molecular formula is C15H9BrClFO. The van der Waals surface area contributed by atoms with Gasteiger partial charge in [0.1, 0.15) is 17.7 Å². The Balaban J connectivity index is 2.00. The second-order valence-corrected chi connectivity index (χ2v) is 5.51. The molecule has 0 aromatic heterocycles. The molecule has 1 heterocycles. The topological polar surface area (TPSA) is 9.23 Å². The van der Waals surface area contributed by atoms with E-state index in [1.807, 2.05) is 30.4 Å². The van der Waals surface area contributed by atoms with Gasteiger partial charge in [0.15, 0.2) is 0 Å². The predicted octanol–water partition coefficient (Wildman–Crippen LogP) is 5.39. The number of rotatable bonds is 1. The van der Waals surface area contributed by atoms with E-state index in [1.165, 1.54) is 6.07 Å². The van der Waals surface area contributed by atoms with Crippen LogP contribution in [0.1, 0.15) is 17.2 Å². The van der Waals surface area contributed by atoms with Gasteiger partial charge in [0.25, 0.3) is 0 Å². The summed E-state index contributed by atoms with van der Waals surface area (Å²) < 4.78 is 20.6. The third kappa shape index (κ3) is 2.40. The maximum Gasteiger partial charge on any atom is 0.145 e. The molecule has 1 nitrogen and oxygen atoms in total. The Bertz CT molecular complexity index is 669. The summed E-state index contributed by atoms with van der Waals surface area (Å²) in [6.07, 6.45) is 3.33. The highest BCUT2D eigenvalue weighted by molar-refractivity contribution is 9.10. The van der Waals surface area contributed by atoms with Gasteiger partial charge in [-0.1, -0.05) is 35.9 Å². The van der Waals surface area contributed by atoms with Crippen LogP contribution in [0.4, 0.5) is 4.39 Å². The summed E-state index contributed by atoms with van der Waals surface area (Å²) in [6.45, 7) is 0. The van der Waals surface area contributed by atoms with E-state index in [4.69, 9.17) is 16.3 Å². The lowest BCUT2D eigenvalue weighted by Crippen LogP contribution is -2.11. The lowest BCUT2D eigenvalue weighted by Gasteiger charge is -2.23. The molecule has 0 spiro atoms. The molecular weight excluding hydrogens is 331 g/mol. The standard InChI is InChI=1S/C15H9BrClFO/c16-12-3-1-2-9-4-7-14(19-15(9)12)11-6-5-10(17)8-13(11)18/h1-8,14H. The van der Waals surface area contributed by atoms with Crippen molar-refractivity contribution in [1.29, 1.82) is 0 Å². The molecule has 96 valence electrons. The number of para-hydroxylation sites is 1. The molecule has 1 aliphatic rings. The molecule has 2 aromatic carbocycles. The van der Waals surface area contributed by atoms with Crippen molar-refractivity contribution in [2.75, 3.05) is 0 Å². The van der Waals surface area contributed by atoms with Gasteiger partial charge < -0.3 is 4.74 Å². The van der Waals surface area contributed by atoms with Crippen molar-refractivity contribution in [3.8, 4) is 5.75 Å². The summed E-state index contributed by atoms with van der Waals surface area (Å²) in [5.41, 5.74) is 1.45. The van der Waals surface area contributed by atoms with Crippen LogP contribution in [-0.2, 0) is 0 Å². The quantitative estimate of drug-likeness (QED) is 0.677. The van der Waals surface area contributed by atoms with Crippen LogP contribution in [0.2, 0.25) is 5.02 Å². The highest BCUT2D eigenvalue weighted by Gasteiger charge is 2.21. The van der Waals surface area contributed by atoms with Crippen LogP contribution < -0.4 is 4.74 Å². The van der Waals surface area contributed by atoms with Gasteiger partial charge in [-0.15, -0.1) is 0 Å². The van der Waals surface area contributed by atoms with Crippen molar-refractivity contribution < 1.29 is 9.13 Å². The number of benzene rings is 2. The Labute approximate surface area is 123 Å². The largest absolute Gasteiger partial charge is 0.480 e. The fourth-order valence-electron chi connectivity index (χ4n) is 2.04. The molecule has 2 aromatic rings. The minimum Gasteiger partial charge on any atom is -0.480 e. The highest BCUT2D eigenvalue weighted by atomic mass is 79.9. The summed E-state index contributed by atoms with van der Waals surface area (Å²) in [7, 11) is 0. The smallest absolute Gasteiger partial charge is 0.145 e. The molecule has 1 atom stereocenters. The molecule has 0 aliphatic carbocycles. The summed E-state index contributed by atoms with van der Waals surface area (Å²) >= 11 is 9.19. The molecule has 0 fully saturated rings. The first-order chi connectivity index (χ1) is 9.15. The number of fused-ring (bicyclic) bond motifs is 1. The van der Waals surface area contributed by atoms with E-state index in [0.717, 1.165) is 15.8 Å². The van der Waals surface area contributed by atoms with Crippen LogP contribution in [0.5, 0.6) is 5.75 Å². The van der Waals surface area contributed by atoms with Crippen LogP contribution in [0.3, 0.4) is 0 Å². The van der Waals surface area contributed by atoms with Crippen LogP contribution in [0.25, 0.3) is 6.08 Å². The Morgan fingerprint density at radius 3 is 2.84 bits per heavy atom. The SMILES string of the molecule is Fc1cc(Cl)ccc1C1C=Cc2cccc(Br)c2O1. The fourth-order valence-corrected chi connectivity index (χ4v) is 2.67. The first-order valence-corrected chi connectivity index (χ1v) is 6.90. The Hall–Kier alpha value is -1.32. The van der Waals surface area contributed by atoms with Crippen LogP contribution in [0, 0.1) is 5.82 Å². The van der Waals surface area contributed by atoms with Crippen LogP contribution >= 0.6 is 27.5 Å². The fraction of sp³-hybridized carbons (Fsp3) is 0.0667. The molecule has 0 radical (unpaired) electrons. The van der Waals surface area contributed by atoms with Gasteiger partial charge in [0.2, 0.25) is 0 Å². The summed E-state index contributed by atoms with van der Waals surface area (Å²) in [5, 5.41) is 0.377. The van der Waals surface area contributed by atoms with Crippen molar-refractivity contribution in [3.05, 3.63) is 68.9 Å². The third-order valence-electron chi connectivity index (χ3n) is 2.96. The molecule has 1 aliphatic heterocycles. The monoisotopic (exact) mass is 338 g/mol. The first kappa shape index (κ1) is 12.7. The van der Waals surface area contributed by atoms with Crippen LogP contribution in [0.15, 0.2) is 46.9 Å². The maximum atomic E-state index is 13.9. The zero-order valence-corrected chi connectivity index (χ0v) is 12.1. The second kappa shape index (κ2) is 4.99. The number of hydrogen-bond donors (Lipinski definition) is 0. The van der Waals surface area contributed by atoms with E-state index in [0.29, 0.717) is 10.6 Å². The molecule has 0 saturated heterocycles. The minimum atomic E-state index is -0.441. The zero-order valence-electron chi connectivity index (χ0n) is 9.74. The van der Waals surface area contributed by atoms with Gasteiger partial charge in [0.05, 0.1) is 4.47 Å². The normalized spacial score (nSPS) is 16.9. The first-order valence-electron chi connectivity index (χ1n) is 5.73. The lowest BCUT2D eigenvalue weighted by molar-refractivity contribution is 0.244. The molecule has 0 amide bonds. The molecule has 0 saturated carbocycles. The Morgan fingerprint density at radius 2 is 2.05 bits per heavy atom. The van der Waals surface area contributed by atoms with E-state index >= 15 is 0 Å². The van der Waals surface area contributed by atoms with Crippen LogP contribution in [-0.4, -0.2) is 0 Å². The zero-order chi connectivity index (χ0) is 13.4. The van der Waals surface area contributed by atoms with Crippen molar-refractivity contribution in [2.24, 2.45) is 0 Å². The van der Waals surface area contributed by atoms with Crippen molar-refractivity contribution in [3.63, 3.8) is 0 Å². The summed E-state index contributed by atoms with van der Waals surface area (Å²) in [4.78, 5) is 0. The molecule has 0 N–H and O–H groups in total. The van der Waals surface area contributed by atoms with Gasteiger partial charge in [0, 0.05) is 16.1 Å². The molecule has 4 heteroatoms. The van der Waals surface area contributed by atoms with Gasteiger partial charge >= 0.3 is 0 Å². The summed E-state index contributed by atoms with van der Waals surface area (Å²) in [6, 6.07) is 10.4. The maximum absolute atomic E-state index is 13.9. The van der Waals surface area contributed by atoms with E-state index in [9.17, 15) is 4.39 Å². The van der Waals surface area contributed by atoms with E-state index in [-0.39, 0.29) is 5.82 Å². The summed E-state index contributed by atoms with van der Waals surface area (Å²) in [5.74, 6) is 0.363. The van der Waals surface area contributed by atoms with Gasteiger partial charge in [-0.25, -0.2) is 4.39 Å². The van der Waals surface area contributed by atoms with E-state index < -0.39 is 6.10 Å². The Morgan fingerprint density at radius 1 is 1.21 bits per heavy atom. The molecule has 1 unspecified atom stereocenters. The van der Waals surface area contributed by atoms with E-state index in [2.05, 4.69) is 15.9 Å². The van der Waals surface area contributed by atoms with Gasteiger partial charge in [-0.2, -0.15) is 0 Å². The van der Waals surface area contributed by atoms with Crippen molar-refractivity contribution in [1.82, 2.24) is 0 Å². The molecule has 19 heavy (non-hydrogen) atoms. The van der Waals surface area contributed by atoms with Gasteiger partial charge in [-0.05, 0) is 40.2 Å². The van der Waals surface area contributed by atoms with E-state index in [1.54, 1.807) is 12.1 Å². The number of ether oxygens (including phenoxy) is 1. The molecule has 3 rings (SSSR count). The Kier molecular flexibility index (Phi) is 3.33. The average molecular weight is 340 g/mol. The highest BCUT2D eigenvalue weighted by Crippen LogP contribution is 2.38. The van der Waals surface area contributed by atoms with Gasteiger partial charge in [-0.3, -0.25) is 0 Å². The number of halogens is 3.